The van der Waals surface area contributed by atoms with E-state index in [2.05, 4.69) is 4.98 Å². The minimum absolute atomic E-state index is 0.304. The van der Waals surface area contributed by atoms with Crippen LogP contribution >= 0.6 is 0 Å². The van der Waals surface area contributed by atoms with Crippen molar-refractivity contribution in [3.8, 4) is 0 Å². The van der Waals surface area contributed by atoms with Crippen molar-refractivity contribution in [2.45, 2.75) is 26.9 Å². The van der Waals surface area contributed by atoms with E-state index in [9.17, 15) is 13.9 Å². The molecule has 0 radical (unpaired) electrons. The van der Waals surface area contributed by atoms with Crippen molar-refractivity contribution >= 4 is 0 Å². The summed E-state index contributed by atoms with van der Waals surface area (Å²) in [6.07, 6.45) is -1.33. The summed E-state index contributed by atoms with van der Waals surface area (Å²) < 4.78 is 27.7. The molecule has 2 aromatic rings. The molecule has 0 amide bonds. The summed E-state index contributed by atoms with van der Waals surface area (Å²) in [5, 5.41) is 10.2. The Labute approximate surface area is 110 Å². The molecule has 2 rings (SSSR count). The van der Waals surface area contributed by atoms with Crippen LogP contribution in [0.2, 0.25) is 0 Å². The van der Waals surface area contributed by atoms with Crippen LogP contribution in [0.4, 0.5) is 8.78 Å². The molecule has 0 spiro atoms. The monoisotopic (exact) mass is 263 g/mol. The largest absolute Gasteiger partial charge is 0.383 e. The number of aliphatic hydroxyl groups excluding tert-OH is 1. The second-order valence-electron chi connectivity index (χ2n) is 4.68. The first-order valence-electron chi connectivity index (χ1n) is 5.98. The summed E-state index contributed by atoms with van der Waals surface area (Å²) in [4.78, 5) is 4.17. The molecular formula is C15H15F2NO. The van der Waals surface area contributed by atoms with Gasteiger partial charge in [0, 0.05) is 11.4 Å². The summed E-state index contributed by atoms with van der Waals surface area (Å²) in [5.74, 6) is -1.46. The molecule has 0 aliphatic carbocycles. The van der Waals surface area contributed by atoms with Crippen molar-refractivity contribution in [2.75, 3.05) is 0 Å². The molecule has 0 fully saturated rings. The van der Waals surface area contributed by atoms with E-state index < -0.39 is 17.7 Å². The maximum absolute atomic E-state index is 14.0. The molecular weight excluding hydrogens is 248 g/mol. The normalized spacial score (nSPS) is 12.5. The predicted octanol–water partition coefficient (Wildman–Crippen LogP) is 3.37. The number of aliphatic hydroxyl groups is 1. The Kier molecular flexibility index (Phi) is 3.62. The van der Waals surface area contributed by atoms with Crippen LogP contribution in [-0.4, -0.2) is 10.1 Å². The number of pyridine rings is 1. The number of aromatic nitrogens is 1. The van der Waals surface area contributed by atoms with E-state index in [-0.39, 0.29) is 5.56 Å². The van der Waals surface area contributed by atoms with Crippen molar-refractivity contribution in [3.05, 3.63) is 64.0 Å². The van der Waals surface area contributed by atoms with Crippen LogP contribution < -0.4 is 0 Å². The van der Waals surface area contributed by atoms with E-state index in [4.69, 9.17) is 0 Å². The van der Waals surface area contributed by atoms with Gasteiger partial charge in [-0.15, -0.1) is 0 Å². The molecule has 0 aliphatic heterocycles. The fraction of sp³-hybridized carbons (Fsp3) is 0.267. The van der Waals surface area contributed by atoms with Gasteiger partial charge >= 0.3 is 0 Å². The molecule has 19 heavy (non-hydrogen) atoms. The Morgan fingerprint density at radius 2 is 1.63 bits per heavy atom. The lowest BCUT2D eigenvalue weighted by molar-refractivity contribution is 0.208. The van der Waals surface area contributed by atoms with E-state index in [1.807, 2.05) is 0 Å². The van der Waals surface area contributed by atoms with Crippen LogP contribution in [0.1, 0.15) is 34.2 Å². The second-order valence-corrected chi connectivity index (χ2v) is 4.68. The number of hydrogen-bond donors (Lipinski definition) is 1. The molecule has 1 aromatic heterocycles. The first-order valence-corrected chi connectivity index (χ1v) is 5.98. The van der Waals surface area contributed by atoms with Crippen molar-refractivity contribution in [1.82, 2.24) is 4.98 Å². The Morgan fingerprint density at radius 1 is 1.05 bits per heavy atom. The lowest BCUT2D eigenvalue weighted by atomic mass is 9.98. The number of halogens is 2. The van der Waals surface area contributed by atoms with Gasteiger partial charge in [0.15, 0.2) is 0 Å². The first kappa shape index (κ1) is 13.6. The number of nitrogens with zero attached hydrogens (tertiary/aromatic N) is 1. The van der Waals surface area contributed by atoms with Gasteiger partial charge in [0.2, 0.25) is 0 Å². The second kappa shape index (κ2) is 5.05. The first-order chi connectivity index (χ1) is 8.90. The molecule has 1 aromatic carbocycles. The van der Waals surface area contributed by atoms with Crippen LogP contribution in [0.5, 0.6) is 0 Å². The van der Waals surface area contributed by atoms with E-state index in [1.165, 1.54) is 13.0 Å². The van der Waals surface area contributed by atoms with Gasteiger partial charge in [-0.25, -0.2) is 8.78 Å². The fourth-order valence-electron chi connectivity index (χ4n) is 2.12. The van der Waals surface area contributed by atoms with E-state index >= 15 is 0 Å². The fourth-order valence-corrected chi connectivity index (χ4v) is 2.12. The van der Waals surface area contributed by atoms with E-state index in [1.54, 1.807) is 26.0 Å². The summed E-state index contributed by atoms with van der Waals surface area (Å²) in [5.41, 5.74) is 1.82. The highest BCUT2D eigenvalue weighted by Crippen LogP contribution is 2.28. The number of rotatable bonds is 2. The van der Waals surface area contributed by atoms with Crippen molar-refractivity contribution < 1.29 is 13.9 Å². The number of benzene rings is 1. The van der Waals surface area contributed by atoms with Crippen molar-refractivity contribution in [3.63, 3.8) is 0 Å². The third kappa shape index (κ3) is 2.63. The minimum Gasteiger partial charge on any atom is -0.383 e. The Bertz CT molecular complexity index is 606. The van der Waals surface area contributed by atoms with Gasteiger partial charge in [0.25, 0.3) is 0 Å². The molecule has 1 heterocycles. The predicted molar refractivity (Wildman–Crippen MR) is 68.9 cm³/mol. The van der Waals surface area contributed by atoms with Gasteiger partial charge in [-0.2, -0.15) is 0 Å². The van der Waals surface area contributed by atoms with Crippen LogP contribution in [0.15, 0.2) is 24.3 Å². The molecule has 1 atom stereocenters. The zero-order valence-corrected chi connectivity index (χ0v) is 11.0. The lowest BCUT2D eigenvalue weighted by Gasteiger charge is -2.15. The quantitative estimate of drug-likeness (QED) is 0.901. The summed E-state index contributed by atoms with van der Waals surface area (Å²) in [6, 6.07) is 5.76. The van der Waals surface area contributed by atoms with Gasteiger partial charge < -0.3 is 5.11 Å². The highest BCUT2D eigenvalue weighted by molar-refractivity contribution is 5.36. The van der Waals surface area contributed by atoms with Crippen molar-refractivity contribution in [1.29, 1.82) is 0 Å². The maximum atomic E-state index is 14.0. The van der Waals surface area contributed by atoms with Gasteiger partial charge in [0.1, 0.15) is 17.7 Å². The summed E-state index contributed by atoms with van der Waals surface area (Å²) >= 11 is 0. The smallest absolute Gasteiger partial charge is 0.135 e. The average Bonchev–Trinajstić information content (AvgIpc) is 2.33. The molecule has 1 unspecified atom stereocenters. The molecule has 0 saturated heterocycles. The highest BCUT2D eigenvalue weighted by atomic mass is 19.1. The summed E-state index contributed by atoms with van der Waals surface area (Å²) in [6.45, 7) is 5.08. The average molecular weight is 263 g/mol. The van der Waals surface area contributed by atoms with Gasteiger partial charge in [-0.3, -0.25) is 4.98 Å². The highest BCUT2D eigenvalue weighted by Gasteiger charge is 2.21. The minimum atomic E-state index is -1.33. The van der Waals surface area contributed by atoms with Gasteiger partial charge in [-0.1, -0.05) is 6.07 Å². The van der Waals surface area contributed by atoms with E-state index in [0.717, 1.165) is 6.07 Å². The Morgan fingerprint density at radius 3 is 2.21 bits per heavy atom. The molecule has 0 bridgehead atoms. The van der Waals surface area contributed by atoms with Gasteiger partial charge in [0.05, 0.1) is 5.56 Å². The lowest BCUT2D eigenvalue weighted by Crippen LogP contribution is -2.08. The van der Waals surface area contributed by atoms with Gasteiger partial charge in [-0.05, 0) is 50.1 Å². The topological polar surface area (TPSA) is 33.1 Å². The SMILES string of the molecule is Cc1cc(C(O)c2c(F)ccc(C)c2F)cc(C)n1. The number of hydrogen-bond acceptors (Lipinski definition) is 2. The molecule has 0 saturated carbocycles. The molecule has 2 nitrogen and oxygen atoms in total. The third-order valence-electron chi connectivity index (χ3n) is 3.01. The standard InChI is InChI=1S/C15H15F2NO/c1-8-4-5-12(16)13(14(8)17)15(19)11-6-9(2)18-10(3)7-11/h4-7,15,19H,1-3H3. The zero-order valence-electron chi connectivity index (χ0n) is 11.0. The maximum Gasteiger partial charge on any atom is 0.135 e. The Hall–Kier alpha value is -1.81. The van der Waals surface area contributed by atoms with Crippen molar-refractivity contribution in [2.24, 2.45) is 0 Å². The molecule has 0 aliphatic rings. The summed E-state index contributed by atoms with van der Waals surface area (Å²) in [7, 11) is 0. The molecule has 4 heteroatoms. The van der Waals surface area contributed by atoms with Crippen LogP contribution in [0, 0.1) is 32.4 Å². The van der Waals surface area contributed by atoms with Crippen LogP contribution in [-0.2, 0) is 0 Å². The van der Waals surface area contributed by atoms with E-state index in [0.29, 0.717) is 22.5 Å². The van der Waals surface area contributed by atoms with Crippen LogP contribution in [0.25, 0.3) is 0 Å². The molecule has 1 N–H and O–H groups in total. The van der Waals surface area contributed by atoms with Crippen LogP contribution in [0.3, 0.4) is 0 Å². The Balaban J connectivity index is 2.55. The zero-order chi connectivity index (χ0) is 14.2. The molecule has 100 valence electrons. The third-order valence-corrected chi connectivity index (χ3v) is 3.01. The number of aryl methyl sites for hydroxylation is 3.